The monoisotopic (exact) mass is 375 g/mol. The first-order valence-corrected chi connectivity index (χ1v) is 9.13. The highest BCUT2D eigenvalue weighted by atomic mass is 19.1. The van der Waals surface area contributed by atoms with Crippen molar-refractivity contribution in [2.75, 3.05) is 33.4 Å². The molecule has 2 aromatic rings. The fourth-order valence-corrected chi connectivity index (χ4v) is 3.60. The first-order chi connectivity index (χ1) is 13.1. The van der Waals surface area contributed by atoms with Crippen molar-refractivity contribution in [1.82, 2.24) is 15.0 Å². The molecule has 3 heterocycles. The molecule has 8 heteroatoms. The zero-order chi connectivity index (χ0) is 18.9. The Balaban J connectivity index is 1.47. The SMILES string of the molecule is COc1ccc(-c2noc(C3(F)CCN(C(=O)C4CCOCC4)C3)n2)cc1. The number of halogens is 1. The van der Waals surface area contributed by atoms with E-state index in [2.05, 4.69) is 10.1 Å². The Labute approximate surface area is 156 Å². The number of hydrogen-bond acceptors (Lipinski definition) is 6. The maximum atomic E-state index is 15.4. The maximum absolute atomic E-state index is 15.4. The van der Waals surface area contributed by atoms with Crippen LogP contribution in [0.3, 0.4) is 0 Å². The minimum absolute atomic E-state index is 0.00674. The van der Waals surface area contributed by atoms with E-state index < -0.39 is 5.67 Å². The summed E-state index contributed by atoms with van der Waals surface area (Å²) >= 11 is 0. The van der Waals surface area contributed by atoms with Gasteiger partial charge in [0.15, 0.2) is 0 Å². The standard InChI is InChI=1S/C19H22FN3O4/c1-25-15-4-2-13(3-5-15)16-21-18(27-22-16)19(20)8-9-23(12-19)17(24)14-6-10-26-11-7-14/h2-5,14H,6-12H2,1H3. The zero-order valence-corrected chi connectivity index (χ0v) is 15.2. The molecule has 2 saturated heterocycles. The van der Waals surface area contributed by atoms with E-state index in [4.69, 9.17) is 14.0 Å². The van der Waals surface area contributed by atoms with Crippen LogP contribution in [0.4, 0.5) is 4.39 Å². The van der Waals surface area contributed by atoms with E-state index in [9.17, 15) is 4.79 Å². The van der Waals surface area contributed by atoms with E-state index in [0.29, 0.717) is 49.7 Å². The van der Waals surface area contributed by atoms with E-state index in [1.165, 1.54) is 0 Å². The summed E-state index contributed by atoms with van der Waals surface area (Å²) in [4.78, 5) is 18.5. The molecule has 1 atom stereocenters. The Kier molecular flexibility index (Phi) is 4.82. The molecule has 1 amide bonds. The molecule has 7 nitrogen and oxygen atoms in total. The van der Waals surface area contributed by atoms with Crippen molar-refractivity contribution in [3.05, 3.63) is 30.2 Å². The molecule has 2 aliphatic heterocycles. The van der Waals surface area contributed by atoms with Crippen LogP contribution in [0.5, 0.6) is 5.75 Å². The molecule has 4 rings (SSSR count). The van der Waals surface area contributed by atoms with Crippen molar-refractivity contribution < 1.29 is 23.2 Å². The van der Waals surface area contributed by atoms with Crippen LogP contribution in [0.1, 0.15) is 25.2 Å². The number of ether oxygens (including phenoxy) is 2. The van der Waals surface area contributed by atoms with Gasteiger partial charge in [-0.3, -0.25) is 4.79 Å². The number of rotatable bonds is 4. The van der Waals surface area contributed by atoms with Crippen LogP contribution in [0.15, 0.2) is 28.8 Å². The minimum atomic E-state index is -1.81. The third-order valence-electron chi connectivity index (χ3n) is 5.26. The number of amides is 1. The number of likely N-dealkylation sites (tertiary alicyclic amines) is 1. The van der Waals surface area contributed by atoms with Gasteiger partial charge in [0.1, 0.15) is 5.75 Å². The van der Waals surface area contributed by atoms with Crippen molar-refractivity contribution >= 4 is 5.91 Å². The molecule has 1 aromatic carbocycles. The molecular formula is C19H22FN3O4. The molecule has 0 aliphatic carbocycles. The highest BCUT2D eigenvalue weighted by Gasteiger charge is 2.47. The van der Waals surface area contributed by atoms with Gasteiger partial charge in [0, 0.05) is 37.7 Å². The lowest BCUT2D eigenvalue weighted by Crippen LogP contribution is -2.38. The number of alkyl halides is 1. The van der Waals surface area contributed by atoms with Gasteiger partial charge in [-0.15, -0.1) is 0 Å². The van der Waals surface area contributed by atoms with Crippen LogP contribution in [0.2, 0.25) is 0 Å². The average molecular weight is 375 g/mol. The number of carbonyl (C=O) groups is 1. The molecular weight excluding hydrogens is 353 g/mol. The molecule has 0 radical (unpaired) electrons. The molecule has 0 spiro atoms. The third kappa shape index (κ3) is 3.53. The fourth-order valence-electron chi connectivity index (χ4n) is 3.60. The van der Waals surface area contributed by atoms with Gasteiger partial charge in [-0.05, 0) is 37.1 Å². The normalized spacial score (nSPS) is 23.6. The Morgan fingerprint density at radius 1 is 1.30 bits per heavy atom. The predicted octanol–water partition coefficient (Wildman–Crippen LogP) is 2.57. The van der Waals surface area contributed by atoms with Gasteiger partial charge in [-0.25, -0.2) is 4.39 Å². The molecule has 2 aliphatic rings. The van der Waals surface area contributed by atoms with Crippen LogP contribution in [0.25, 0.3) is 11.4 Å². The third-order valence-corrected chi connectivity index (χ3v) is 5.26. The van der Waals surface area contributed by atoms with Crippen LogP contribution in [-0.4, -0.2) is 54.4 Å². The average Bonchev–Trinajstić information content (AvgIpc) is 3.36. The summed E-state index contributed by atoms with van der Waals surface area (Å²) in [5, 5.41) is 3.90. The number of methoxy groups -OCH3 is 1. The Morgan fingerprint density at radius 2 is 2.04 bits per heavy atom. The fraction of sp³-hybridized carbons (Fsp3) is 0.526. The second-order valence-electron chi connectivity index (χ2n) is 7.01. The summed E-state index contributed by atoms with van der Waals surface area (Å²) in [7, 11) is 1.59. The second kappa shape index (κ2) is 7.26. The van der Waals surface area contributed by atoms with E-state index in [1.807, 2.05) is 0 Å². The van der Waals surface area contributed by atoms with Gasteiger partial charge in [-0.2, -0.15) is 4.98 Å². The molecule has 0 bridgehead atoms. The smallest absolute Gasteiger partial charge is 0.266 e. The van der Waals surface area contributed by atoms with Gasteiger partial charge in [0.05, 0.1) is 13.7 Å². The van der Waals surface area contributed by atoms with E-state index in [1.54, 1.807) is 36.3 Å². The second-order valence-corrected chi connectivity index (χ2v) is 7.01. The molecule has 2 fully saturated rings. The van der Waals surface area contributed by atoms with Crippen molar-refractivity contribution in [1.29, 1.82) is 0 Å². The minimum Gasteiger partial charge on any atom is -0.497 e. The Bertz CT molecular complexity index is 804. The first-order valence-electron chi connectivity index (χ1n) is 9.13. The molecule has 144 valence electrons. The van der Waals surface area contributed by atoms with Crippen molar-refractivity contribution in [2.45, 2.75) is 24.9 Å². The maximum Gasteiger partial charge on any atom is 0.266 e. The molecule has 1 unspecified atom stereocenters. The quantitative estimate of drug-likeness (QED) is 0.817. The van der Waals surface area contributed by atoms with Gasteiger partial charge < -0.3 is 18.9 Å². The molecule has 0 N–H and O–H groups in total. The lowest BCUT2D eigenvalue weighted by atomic mass is 9.99. The van der Waals surface area contributed by atoms with Gasteiger partial charge >= 0.3 is 0 Å². The van der Waals surface area contributed by atoms with Gasteiger partial charge in [0.25, 0.3) is 5.89 Å². The number of aromatic nitrogens is 2. The molecule has 0 saturated carbocycles. The largest absolute Gasteiger partial charge is 0.497 e. The van der Waals surface area contributed by atoms with Crippen molar-refractivity contribution in [3.8, 4) is 17.1 Å². The van der Waals surface area contributed by atoms with Crippen LogP contribution in [0, 0.1) is 5.92 Å². The van der Waals surface area contributed by atoms with Crippen molar-refractivity contribution in [2.24, 2.45) is 5.92 Å². The van der Waals surface area contributed by atoms with E-state index in [-0.39, 0.29) is 30.7 Å². The zero-order valence-electron chi connectivity index (χ0n) is 15.2. The van der Waals surface area contributed by atoms with E-state index >= 15 is 4.39 Å². The molecule has 1 aromatic heterocycles. The Hall–Kier alpha value is -2.48. The summed E-state index contributed by atoms with van der Waals surface area (Å²) < 4.78 is 31.1. The Morgan fingerprint density at radius 3 is 2.74 bits per heavy atom. The van der Waals surface area contributed by atoms with Crippen LogP contribution < -0.4 is 4.74 Å². The van der Waals surface area contributed by atoms with Crippen LogP contribution >= 0.6 is 0 Å². The number of carbonyl (C=O) groups excluding carboxylic acids is 1. The number of nitrogens with zero attached hydrogens (tertiary/aromatic N) is 3. The van der Waals surface area contributed by atoms with Gasteiger partial charge in [-0.1, -0.05) is 5.16 Å². The predicted molar refractivity (Wildman–Crippen MR) is 93.8 cm³/mol. The highest BCUT2D eigenvalue weighted by Crippen LogP contribution is 2.37. The van der Waals surface area contributed by atoms with Crippen LogP contribution in [-0.2, 0) is 15.2 Å². The summed E-state index contributed by atoms with van der Waals surface area (Å²) in [5.41, 5.74) is -1.10. The first kappa shape index (κ1) is 17.9. The highest BCUT2D eigenvalue weighted by molar-refractivity contribution is 5.79. The molecule has 27 heavy (non-hydrogen) atoms. The van der Waals surface area contributed by atoms with E-state index in [0.717, 1.165) is 0 Å². The lowest BCUT2D eigenvalue weighted by molar-refractivity contribution is -0.138. The topological polar surface area (TPSA) is 77.7 Å². The summed E-state index contributed by atoms with van der Waals surface area (Å²) in [6.45, 7) is 1.47. The summed E-state index contributed by atoms with van der Waals surface area (Å²) in [6, 6.07) is 7.13. The van der Waals surface area contributed by atoms with Gasteiger partial charge in [0.2, 0.25) is 17.4 Å². The van der Waals surface area contributed by atoms with Crippen molar-refractivity contribution in [3.63, 3.8) is 0 Å². The number of hydrogen-bond donors (Lipinski definition) is 0. The lowest BCUT2D eigenvalue weighted by Gasteiger charge is -2.26. The summed E-state index contributed by atoms with van der Waals surface area (Å²) in [5.74, 6) is 0.864. The summed E-state index contributed by atoms with van der Waals surface area (Å²) in [6.07, 6.45) is 1.54. The number of benzene rings is 1.